The zero-order valence-corrected chi connectivity index (χ0v) is 23.3. The van der Waals surface area contributed by atoms with Crippen molar-refractivity contribution in [1.82, 2.24) is 9.80 Å². The van der Waals surface area contributed by atoms with Crippen molar-refractivity contribution in [2.24, 2.45) is 0 Å². The number of nitrogens with zero attached hydrogens (tertiary/aromatic N) is 2. The molecule has 0 spiro atoms. The first-order valence-corrected chi connectivity index (χ1v) is 13.3. The van der Waals surface area contributed by atoms with Crippen LogP contribution >= 0.6 is 36.6 Å². The molecule has 0 amide bonds. The maximum Gasteiger partial charge on any atom is 0.123 e. The molecule has 0 aromatic heterocycles. The van der Waals surface area contributed by atoms with Crippen LogP contribution in [0.25, 0.3) is 10.8 Å². The summed E-state index contributed by atoms with van der Waals surface area (Å²) < 4.78 is 27.1. The van der Waals surface area contributed by atoms with Crippen molar-refractivity contribution in [2.45, 2.75) is 17.0 Å². The summed E-state index contributed by atoms with van der Waals surface area (Å²) in [6.45, 7) is 3.90. The normalized spacial score (nSPS) is 15.2. The summed E-state index contributed by atoms with van der Waals surface area (Å²) in [4.78, 5) is 5.85. The van der Waals surface area contributed by atoms with E-state index in [1.807, 2.05) is 36.4 Å². The lowest BCUT2D eigenvalue weighted by molar-refractivity contribution is 0.0708. The van der Waals surface area contributed by atoms with E-state index >= 15 is 0 Å². The average Bonchev–Trinajstić information content (AvgIpc) is 2.91. The number of aliphatic hydroxyl groups is 1. The topological polar surface area (TPSA) is 26.7 Å². The van der Waals surface area contributed by atoms with E-state index in [9.17, 15) is 13.9 Å². The molecule has 0 radical (unpaired) electrons. The van der Waals surface area contributed by atoms with Crippen molar-refractivity contribution in [2.75, 3.05) is 38.5 Å². The Balaban J connectivity index is 0.00000200. The molecule has 202 valence electrons. The fourth-order valence-corrected chi connectivity index (χ4v) is 5.96. The first-order valence-electron chi connectivity index (χ1n) is 12.3. The summed E-state index contributed by atoms with van der Waals surface area (Å²) >= 11 is 1.70. The number of hydrogen-bond donors (Lipinski definition) is 1. The lowest BCUT2D eigenvalue weighted by Crippen LogP contribution is -2.50. The Kier molecular flexibility index (Phi) is 11.4. The molecule has 5 rings (SSSR count). The molecule has 4 aromatic carbocycles. The van der Waals surface area contributed by atoms with Crippen molar-refractivity contribution in [1.29, 1.82) is 0 Å². The van der Waals surface area contributed by atoms with Crippen LogP contribution in [0.15, 0.2) is 95.9 Å². The molecule has 38 heavy (non-hydrogen) atoms. The molecular weight excluding hydrogens is 545 g/mol. The summed E-state index contributed by atoms with van der Waals surface area (Å²) in [6.07, 6.45) is -0.425. The Hall–Kier alpha value is -2.19. The van der Waals surface area contributed by atoms with Crippen molar-refractivity contribution in [3.63, 3.8) is 0 Å². The number of fused-ring (bicyclic) bond motifs is 1. The molecule has 1 heterocycles. The number of piperazine rings is 1. The summed E-state index contributed by atoms with van der Waals surface area (Å²) in [5, 5.41) is 13.2. The minimum atomic E-state index is -0.425. The second-order valence-corrected chi connectivity index (χ2v) is 10.3. The Labute approximate surface area is 239 Å². The molecule has 1 fully saturated rings. The molecule has 3 nitrogen and oxygen atoms in total. The summed E-state index contributed by atoms with van der Waals surface area (Å²) in [5.74, 6) is 0.107. The molecule has 1 aliphatic heterocycles. The van der Waals surface area contributed by atoms with Crippen molar-refractivity contribution >= 4 is 47.3 Å². The van der Waals surface area contributed by atoms with E-state index in [0.717, 1.165) is 37.3 Å². The van der Waals surface area contributed by atoms with Gasteiger partial charge in [0, 0.05) is 43.4 Å². The molecule has 0 saturated carbocycles. The van der Waals surface area contributed by atoms with E-state index in [2.05, 4.69) is 40.1 Å². The summed E-state index contributed by atoms with van der Waals surface area (Å²) in [5.41, 5.74) is 1.98. The van der Waals surface area contributed by atoms with E-state index in [-0.39, 0.29) is 42.5 Å². The van der Waals surface area contributed by atoms with Crippen LogP contribution in [0, 0.1) is 11.6 Å². The molecular formula is C30H32Cl2F2N2OS. The number of thioether (sulfide) groups is 1. The molecule has 1 saturated heterocycles. The fraction of sp³-hybridized carbons (Fsp3) is 0.267. The van der Waals surface area contributed by atoms with Crippen LogP contribution in [0.1, 0.15) is 17.2 Å². The minimum Gasteiger partial charge on any atom is -0.391 e. The van der Waals surface area contributed by atoms with Crippen LogP contribution in [-0.2, 0) is 0 Å². The molecule has 1 unspecified atom stereocenters. The minimum absolute atomic E-state index is 0. The Morgan fingerprint density at radius 3 is 1.87 bits per heavy atom. The fourth-order valence-electron chi connectivity index (χ4n) is 4.97. The third-order valence-corrected chi connectivity index (χ3v) is 8.01. The van der Waals surface area contributed by atoms with Gasteiger partial charge >= 0.3 is 0 Å². The smallest absolute Gasteiger partial charge is 0.123 e. The Bertz CT molecular complexity index is 1230. The van der Waals surface area contributed by atoms with Gasteiger partial charge in [0.1, 0.15) is 11.6 Å². The zero-order valence-electron chi connectivity index (χ0n) is 20.9. The lowest BCUT2D eigenvalue weighted by atomic mass is 9.96. The molecule has 1 N–H and O–H groups in total. The monoisotopic (exact) mass is 576 g/mol. The average molecular weight is 578 g/mol. The Morgan fingerprint density at radius 1 is 0.711 bits per heavy atom. The predicted octanol–water partition coefficient (Wildman–Crippen LogP) is 6.82. The largest absolute Gasteiger partial charge is 0.391 e. The van der Waals surface area contributed by atoms with E-state index in [4.69, 9.17) is 0 Å². The molecule has 4 aromatic rings. The van der Waals surface area contributed by atoms with Gasteiger partial charge in [-0.1, -0.05) is 60.7 Å². The highest BCUT2D eigenvalue weighted by molar-refractivity contribution is 7.99. The molecule has 0 aliphatic carbocycles. The SMILES string of the molecule is Cl.Cl.OC(CSc1cccc2ccccc12)CN1CCN(C(c2ccc(F)cc2)c2ccc(F)cc2)CC1. The predicted molar refractivity (Wildman–Crippen MR) is 158 cm³/mol. The summed E-state index contributed by atoms with van der Waals surface area (Å²) in [7, 11) is 0. The first-order chi connectivity index (χ1) is 17.6. The van der Waals surface area contributed by atoms with Crippen LogP contribution in [0.5, 0.6) is 0 Å². The third kappa shape index (κ3) is 7.47. The van der Waals surface area contributed by atoms with Gasteiger partial charge in [0.25, 0.3) is 0 Å². The number of aliphatic hydroxyl groups excluding tert-OH is 1. The third-order valence-electron chi connectivity index (χ3n) is 6.79. The number of halogens is 4. The van der Waals surface area contributed by atoms with Gasteiger partial charge in [-0.2, -0.15) is 0 Å². The van der Waals surface area contributed by atoms with Crippen molar-refractivity contribution in [3.05, 3.63) is 114 Å². The van der Waals surface area contributed by atoms with Gasteiger partial charge < -0.3 is 5.11 Å². The van der Waals surface area contributed by atoms with E-state index < -0.39 is 6.10 Å². The highest BCUT2D eigenvalue weighted by Crippen LogP contribution is 2.31. The Morgan fingerprint density at radius 2 is 1.26 bits per heavy atom. The van der Waals surface area contributed by atoms with Crippen LogP contribution in [0.2, 0.25) is 0 Å². The number of hydrogen-bond acceptors (Lipinski definition) is 4. The van der Waals surface area contributed by atoms with Gasteiger partial charge in [0.15, 0.2) is 0 Å². The van der Waals surface area contributed by atoms with E-state index in [1.165, 1.54) is 39.9 Å². The van der Waals surface area contributed by atoms with Gasteiger partial charge in [-0.3, -0.25) is 9.80 Å². The van der Waals surface area contributed by atoms with Crippen molar-refractivity contribution < 1.29 is 13.9 Å². The van der Waals surface area contributed by atoms with Gasteiger partial charge in [0.05, 0.1) is 12.1 Å². The van der Waals surface area contributed by atoms with Crippen LogP contribution in [0.3, 0.4) is 0 Å². The molecule has 8 heteroatoms. The maximum absolute atomic E-state index is 13.6. The maximum atomic E-state index is 13.6. The zero-order chi connectivity index (χ0) is 24.9. The van der Waals surface area contributed by atoms with Crippen LogP contribution in [0.4, 0.5) is 8.78 Å². The highest BCUT2D eigenvalue weighted by Gasteiger charge is 2.27. The molecule has 1 atom stereocenters. The lowest BCUT2D eigenvalue weighted by Gasteiger charge is -2.40. The summed E-state index contributed by atoms with van der Waals surface area (Å²) in [6, 6.07) is 27.7. The van der Waals surface area contributed by atoms with Gasteiger partial charge in [-0.05, 0) is 52.2 Å². The van der Waals surface area contributed by atoms with Crippen LogP contribution < -0.4 is 0 Å². The highest BCUT2D eigenvalue weighted by atomic mass is 35.5. The van der Waals surface area contributed by atoms with Gasteiger partial charge in [-0.15, -0.1) is 36.6 Å². The molecule has 1 aliphatic rings. The van der Waals surface area contributed by atoms with Gasteiger partial charge in [-0.25, -0.2) is 8.78 Å². The standard InChI is InChI=1S/C30H30F2N2OS.2ClH/c31-25-12-8-23(9-13-25)30(24-10-14-26(32)15-11-24)34-18-16-33(17-19-34)20-27(35)21-36-29-7-3-5-22-4-1-2-6-28(22)29;;/h1-15,27,30,35H,16-21H2;2*1H. The molecule has 0 bridgehead atoms. The second-order valence-electron chi connectivity index (χ2n) is 9.28. The first kappa shape index (κ1) is 30.4. The second kappa shape index (κ2) is 14.3. The van der Waals surface area contributed by atoms with Crippen LogP contribution in [-0.4, -0.2) is 59.5 Å². The van der Waals surface area contributed by atoms with Crippen molar-refractivity contribution in [3.8, 4) is 0 Å². The number of benzene rings is 4. The quantitative estimate of drug-likeness (QED) is 0.233. The van der Waals surface area contributed by atoms with E-state index in [0.29, 0.717) is 12.3 Å². The van der Waals surface area contributed by atoms with Gasteiger partial charge in [0.2, 0.25) is 0 Å². The number of rotatable bonds is 8. The van der Waals surface area contributed by atoms with E-state index in [1.54, 1.807) is 11.8 Å². The number of β-amino-alcohol motifs (C(OH)–C–C–N with tert-alkyl or cyclic N) is 1.